The SMILES string of the molecule is O=c1[nH]c(=O)n(-c2nc3c(s2)CCC3)c(O)c1F. The first kappa shape index (κ1) is 11.1. The number of hydrogen-bond acceptors (Lipinski definition) is 5. The lowest BCUT2D eigenvalue weighted by Gasteiger charge is -2.03. The number of H-pyrrole nitrogens is 1. The zero-order valence-electron chi connectivity index (χ0n) is 9.07. The van der Waals surface area contributed by atoms with E-state index in [1.807, 2.05) is 0 Å². The molecule has 2 N–H and O–H groups in total. The van der Waals surface area contributed by atoms with Crippen molar-refractivity contribution in [2.45, 2.75) is 19.3 Å². The van der Waals surface area contributed by atoms with E-state index in [1.165, 1.54) is 11.3 Å². The van der Waals surface area contributed by atoms with Crippen molar-refractivity contribution in [1.29, 1.82) is 0 Å². The number of halogens is 1. The lowest BCUT2D eigenvalue weighted by atomic mass is 10.4. The maximum Gasteiger partial charge on any atom is 0.337 e. The number of nitrogens with zero attached hydrogens (tertiary/aromatic N) is 2. The summed E-state index contributed by atoms with van der Waals surface area (Å²) < 4.78 is 14.0. The van der Waals surface area contributed by atoms with Crippen LogP contribution in [0.15, 0.2) is 9.59 Å². The average Bonchev–Trinajstić information content (AvgIpc) is 2.86. The molecule has 0 aliphatic heterocycles. The number of rotatable bonds is 1. The predicted molar refractivity (Wildman–Crippen MR) is 62.0 cm³/mol. The number of aromatic hydroxyl groups is 1. The minimum absolute atomic E-state index is 0.178. The van der Waals surface area contributed by atoms with Gasteiger partial charge >= 0.3 is 5.69 Å². The first-order valence-electron chi connectivity index (χ1n) is 5.30. The molecule has 1 aliphatic carbocycles. The molecule has 6 nitrogen and oxygen atoms in total. The number of fused-ring (bicyclic) bond motifs is 1. The van der Waals surface area contributed by atoms with Gasteiger partial charge in [0.2, 0.25) is 16.8 Å². The van der Waals surface area contributed by atoms with E-state index in [0.717, 1.165) is 29.8 Å². The van der Waals surface area contributed by atoms with Gasteiger partial charge in [-0.05, 0) is 19.3 Å². The highest BCUT2D eigenvalue weighted by molar-refractivity contribution is 7.14. The molecule has 0 aromatic carbocycles. The molecule has 0 atom stereocenters. The third kappa shape index (κ3) is 1.49. The number of nitrogens with one attached hydrogen (secondary N) is 1. The van der Waals surface area contributed by atoms with Crippen molar-refractivity contribution in [2.24, 2.45) is 0 Å². The minimum Gasteiger partial charge on any atom is -0.492 e. The standard InChI is InChI=1S/C10H8FN3O3S/c11-6-7(15)13-9(17)14(8(6)16)10-12-4-2-1-3-5(4)18-10/h16H,1-3H2,(H,13,15,17). The van der Waals surface area contributed by atoms with Gasteiger partial charge in [0, 0.05) is 4.88 Å². The Balaban J connectivity index is 2.26. The summed E-state index contributed by atoms with van der Waals surface area (Å²) in [6, 6.07) is 0. The largest absolute Gasteiger partial charge is 0.492 e. The van der Waals surface area contributed by atoms with Gasteiger partial charge in [-0.2, -0.15) is 4.39 Å². The van der Waals surface area contributed by atoms with Crippen LogP contribution in [0.3, 0.4) is 0 Å². The molecule has 94 valence electrons. The molecule has 0 bridgehead atoms. The third-order valence-corrected chi connectivity index (χ3v) is 3.95. The number of aromatic nitrogens is 3. The Morgan fingerprint density at radius 3 is 2.89 bits per heavy atom. The molecule has 2 aromatic heterocycles. The fourth-order valence-electron chi connectivity index (χ4n) is 1.95. The fourth-order valence-corrected chi connectivity index (χ4v) is 3.10. The summed E-state index contributed by atoms with van der Waals surface area (Å²) in [7, 11) is 0. The Hall–Kier alpha value is -1.96. The first-order valence-corrected chi connectivity index (χ1v) is 6.12. The van der Waals surface area contributed by atoms with Crippen LogP contribution in [0.4, 0.5) is 4.39 Å². The van der Waals surface area contributed by atoms with Crippen molar-refractivity contribution in [3.8, 4) is 11.0 Å². The van der Waals surface area contributed by atoms with E-state index in [0.29, 0.717) is 4.57 Å². The summed E-state index contributed by atoms with van der Waals surface area (Å²) in [6.07, 6.45) is 2.69. The summed E-state index contributed by atoms with van der Waals surface area (Å²) in [6.45, 7) is 0. The van der Waals surface area contributed by atoms with Crippen molar-refractivity contribution in [1.82, 2.24) is 14.5 Å². The molecule has 18 heavy (non-hydrogen) atoms. The van der Waals surface area contributed by atoms with Crippen LogP contribution >= 0.6 is 11.3 Å². The van der Waals surface area contributed by atoms with Crippen LogP contribution in [-0.4, -0.2) is 19.6 Å². The van der Waals surface area contributed by atoms with Gasteiger partial charge in [0.05, 0.1) is 5.69 Å². The number of thiazole rings is 1. The third-order valence-electron chi connectivity index (χ3n) is 2.81. The maximum absolute atomic E-state index is 13.3. The quantitative estimate of drug-likeness (QED) is 0.780. The monoisotopic (exact) mass is 269 g/mol. The molecule has 0 amide bonds. The number of aryl methyl sites for hydroxylation is 2. The van der Waals surface area contributed by atoms with Crippen molar-refractivity contribution in [3.05, 3.63) is 37.2 Å². The molecule has 0 unspecified atom stereocenters. The van der Waals surface area contributed by atoms with Crippen molar-refractivity contribution >= 4 is 11.3 Å². The van der Waals surface area contributed by atoms with E-state index in [4.69, 9.17) is 0 Å². The van der Waals surface area contributed by atoms with Gasteiger partial charge in [-0.15, -0.1) is 11.3 Å². The van der Waals surface area contributed by atoms with Crippen LogP contribution in [0.5, 0.6) is 5.88 Å². The second-order valence-corrected chi connectivity index (χ2v) is 5.01. The van der Waals surface area contributed by atoms with Crippen LogP contribution < -0.4 is 11.2 Å². The minimum atomic E-state index is -1.38. The Labute approximate surface area is 103 Å². The zero-order chi connectivity index (χ0) is 12.9. The highest BCUT2D eigenvalue weighted by Crippen LogP contribution is 2.30. The van der Waals surface area contributed by atoms with Crippen LogP contribution in [0, 0.1) is 5.82 Å². The van der Waals surface area contributed by atoms with Gasteiger partial charge in [0.1, 0.15) is 0 Å². The Morgan fingerprint density at radius 1 is 1.39 bits per heavy atom. The summed E-state index contributed by atoms with van der Waals surface area (Å²) in [5, 5.41) is 9.72. The smallest absolute Gasteiger partial charge is 0.337 e. The van der Waals surface area contributed by atoms with E-state index >= 15 is 0 Å². The molecule has 2 aromatic rings. The molecule has 1 aliphatic rings. The molecule has 0 saturated heterocycles. The summed E-state index contributed by atoms with van der Waals surface area (Å²) in [5.41, 5.74) is -1.27. The second-order valence-electron chi connectivity index (χ2n) is 3.95. The molecular formula is C10H8FN3O3S. The lowest BCUT2D eigenvalue weighted by molar-refractivity contribution is 0.386. The molecule has 8 heteroatoms. The predicted octanol–water partition coefficient (Wildman–Crippen LogP) is 0.316. The molecule has 3 rings (SSSR count). The van der Waals surface area contributed by atoms with E-state index in [9.17, 15) is 19.1 Å². The van der Waals surface area contributed by atoms with E-state index in [1.54, 1.807) is 4.98 Å². The average molecular weight is 269 g/mol. The highest BCUT2D eigenvalue weighted by atomic mass is 32.1. The van der Waals surface area contributed by atoms with E-state index in [-0.39, 0.29) is 5.13 Å². The van der Waals surface area contributed by atoms with Crippen molar-refractivity contribution in [3.63, 3.8) is 0 Å². The molecule has 0 saturated carbocycles. The van der Waals surface area contributed by atoms with E-state index in [2.05, 4.69) is 4.98 Å². The Bertz CT molecular complexity index is 724. The van der Waals surface area contributed by atoms with Crippen LogP contribution in [0.25, 0.3) is 5.13 Å². The van der Waals surface area contributed by atoms with E-state index < -0.39 is 22.9 Å². The van der Waals surface area contributed by atoms with Gasteiger partial charge in [0.15, 0.2) is 0 Å². The Kier molecular flexibility index (Phi) is 2.34. The van der Waals surface area contributed by atoms with Crippen LogP contribution in [0.2, 0.25) is 0 Å². The summed E-state index contributed by atoms with van der Waals surface area (Å²) in [5.74, 6) is -2.39. The normalized spacial score (nSPS) is 13.8. The fraction of sp³-hybridized carbons (Fsp3) is 0.300. The van der Waals surface area contributed by atoms with Crippen molar-refractivity contribution < 1.29 is 9.50 Å². The van der Waals surface area contributed by atoms with Gasteiger partial charge in [-0.1, -0.05) is 0 Å². The second kappa shape index (κ2) is 3.77. The molecule has 0 fully saturated rings. The molecular weight excluding hydrogens is 261 g/mol. The van der Waals surface area contributed by atoms with Crippen LogP contribution in [0.1, 0.15) is 17.0 Å². The molecule has 0 spiro atoms. The van der Waals surface area contributed by atoms with Gasteiger partial charge < -0.3 is 5.11 Å². The summed E-state index contributed by atoms with van der Waals surface area (Å²) >= 11 is 1.22. The van der Waals surface area contributed by atoms with Crippen molar-refractivity contribution in [2.75, 3.05) is 0 Å². The Morgan fingerprint density at radius 2 is 2.17 bits per heavy atom. The zero-order valence-corrected chi connectivity index (χ0v) is 9.88. The maximum atomic E-state index is 13.3. The first-order chi connectivity index (χ1) is 8.58. The molecule has 0 radical (unpaired) electrons. The van der Waals surface area contributed by atoms with Gasteiger partial charge in [-0.3, -0.25) is 9.78 Å². The van der Waals surface area contributed by atoms with Gasteiger partial charge in [0.25, 0.3) is 5.56 Å². The number of hydrogen-bond donors (Lipinski definition) is 2. The lowest BCUT2D eigenvalue weighted by Crippen LogP contribution is -2.30. The van der Waals surface area contributed by atoms with Gasteiger partial charge in [-0.25, -0.2) is 14.3 Å². The highest BCUT2D eigenvalue weighted by Gasteiger charge is 2.22. The van der Waals surface area contributed by atoms with Crippen LogP contribution in [-0.2, 0) is 12.8 Å². The number of aromatic amines is 1. The molecule has 2 heterocycles. The topological polar surface area (TPSA) is 88.0 Å². The summed E-state index contributed by atoms with van der Waals surface area (Å²) in [4.78, 5) is 29.6.